The molecule has 76 valence electrons. The predicted molar refractivity (Wildman–Crippen MR) is 48.9 cm³/mol. The largest absolute Gasteiger partial charge is 0.480 e. The molecule has 0 aromatic carbocycles. The van der Waals surface area contributed by atoms with Gasteiger partial charge in [-0.25, -0.2) is 9.67 Å². The Kier molecular flexibility index (Phi) is 2.47. The van der Waals surface area contributed by atoms with E-state index in [1.165, 1.54) is 23.9 Å². The molecule has 1 aliphatic carbocycles. The molecule has 5 heteroatoms. The van der Waals surface area contributed by atoms with Crippen molar-refractivity contribution in [2.75, 3.05) is 0 Å². The van der Waals surface area contributed by atoms with Gasteiger partial charge in [0.05, 0.1) is 0 Å². The zero-order chi connectivity index (χ0) is 9.97. The smallest absolute Gasteiger partial charge is 0.325 e. The zero-order valence-electron chi connectivity index (χ0n) is 7.89. The molecule has 1 N–H and O–H groups in total. The van der Waals surface area contributed by atoms with E-state index in [2.05, 4.69) is 10.1 Å². The summed E-state index contributed by atoms with van der Waals surface area (Å²) in [5.74, 6) is 0.377. The second-order valence-corrected chi connectivity index (χ2v) is 3.68. The second kappa shape index (κ2) is 3.77. The number of hydrogen-bond acceptors (Lipinski definition) is 3. The number of hydrogen-bond donors (Lipinski definition) is 1. The van der Waals surface area contributed by atoms with E-state index in [1.54, 1.807) is 0 Å². The van der Waals surface area contributed by atoms with Gasteiger partial charge < -0.3 is 5.11 Å². The first-order valence-electron chi connectivity index (χ1n) is 4.87. The van der Waals surface area contributed by atoms with Crippen LogP contribution in [0.4, 0.5) is 0 Å². The van der Waals surface area contributed by atoms with Gasteiger partial charge in [-0.3, -0.25) is 4.79 Å². The normalized spacial score (nSPS) is 17.4. The number of aliphatic carboxylic acids is 1. The van der Waals surface area contributed by atoms with Crippen LogP contribution in [0.1, 0.15) is 37.4 Å². The van der Waals surface area contributed by atoms with Crippen molar-refractivity contribution in [2.24, 2.45) is 0 Å². The number of aromatic nitrogens is 3. The van der Waals surface area contributed by atoms with Gasteiger partial charge in [0.2, 0.25) is 0 Å². The molecule has 0 saturated heterocycles. The summed E-state index contributed by atoms with van der Waals surface area (Å²) in [5, 5.41) is 12.7. The van der Waals surface area contributed by atoms with E-state index in [0.717, 1.165) is 18.7 Å². The van der Waals surface area contributed by atoms with Crippen LogP contribution in [0.5, 0.6) is 0 Å². The number of carboxylic acid groups (broad SMARTS) is 1. The summed E-state index contributed by atoms with van der Waals surface area (Å²) < 4.78 is 1.38. The Morgan fingerprint density at radius 3 is 2.93 bits per heavy atom. The SMILES string of the molecule is O=C(O)Cn1cnc(C2CCCC2)n1. The first-order valence-corrected chi connectivity index (χ1v) is 4.87. The molecule has 0 unspecified atom stereocenters. The number of carbonyl (C=O) groups is 1. The Labute approximate surface area is 81.8 Å². The molecule has 1 aromatic heterocycles. The highest BCUT2D eigenvalue weighted by molar-refractivity contribution is 5.66. The molecule has 0 aliphatic heterocycles. The third-order valence-corrected chi connectivity index (χ3v) is 2.57. The monoisotopic (exact) mass is 195 g/mol. The highest BCUT2D eigenvalue weighted by atomic mass is 16.4. The van der Waals surface area contributed by atoms with Gasteiger partial charge in [0.15, 0.2) is 5.82 Å². The quantitative estimate of drug-likeness (QED) is 0.781. The van der Waals surface area contributed by atoms with Crippen LogP contribution in [0.25, 0.3) is 0 Å². The van der Waals surface area contributed by atoms with Gasteiger partial charge in [0.1, 0.15) is 12.9 Å². The van der Waals surface area contributed by atoms with E-state index in [-0.39, 0.29) is 6.54 Å². The summed E-state index contributed by atoms with van der Waals surface area (Å²) in [7, 11) is 0. The molecular formula is C9H13N3O2. The molecule has 2 rings (SSSR count). The van der Waals surface area contributed by atoms with Crippen LogP contribution in [0.3, 0.4) is 0 Å². The van der Waals surface area contributed by atoms with E-state index >= 15 is 0 Å². The lowest BCUT2D eigenvalue weighted by atomic mass is 10.1. The lowest BCUT2D eigenvalue weighted by molar-refractivity contribution is -0.137. The van der Waals surface area contributed by atoms with Crippen molar-refractivity contribution < 1.29 is 9.90 Å². The topological polar surface area (TPSA) is 68.0 Å². The fourth-order valence-electron chi connectivity index (χ4n) is 1.89. The maximum Gasteiger partial charge on any atom is 0.325 e. The number of carboxylic acids is 1. The van der Waals surface area contributed by atoms with Crippen molar-refractivity contribution in [1.29, 1.82) is 0 Å². The standard InChI is InChI=1S/C9H13N3O2/c13-8(14)5-12-6-10-9(11-12)7-3-1-2-4-7/h6-7H,1-5H2,(H,13,14). The Bertz CT molecular complexity index is 329. The molecule has 5 nitrogen and oxygen atoms in total. The molecule has 0 radical (unpaired) electrons. The van der Waals surface area contributed by atoms with Gasteiger partial charge >= 0.3 is 5.97 Å². The van der Waals surface area contributed by atoms with Gasteiger partial charge in [0, 0.05) is 5.92 Å². The minimum atomic E-state index is -0.882. The Morgan fingerprint density at radius 2 is 2.29 bits per heavy atom. The summed E-state index contributed by atoms with van der Waals surface area (Å²) in [6, 6.07) is 0. The zero-order valence-corrected chi connectivity index (χ0v) is 7.89. The molecule has 1 saturated carbocycles. The minimum absolute atomic E-state index is 0.0975. The van der Waals surface area contributed by atoms with Crippen molar-refractivity contribution in [2.45, 2.75) is 38.1 Å². The van der Waals surface area contributed by atoms with Crippen LogP contribution in [-0.2, 0) is 11.3 Å². The third kappa shape index (κ3) is 1.92. The Hall–Kier alpha value is -1.39. The average Bonchev–Trinajstić information content (AvgIpc) is 2.69. The summed E-state index contributed by atoms with van der Waals surface area (Å²) in [4.78, 5) is 14.6. The summed E-state index contributed by atoms with van der Waals surface area (Å²) >= 11 is 0. The molecular weight excluding hydrogens is 182 g/mol. The molecule has 1 heterocycles. The van der Waals surface area contributed by atoms with Crippen molar-refractivity contribution >= 4 is 5.97 Å². The molecule has 14 heavy (non-hydrogen) atoms. The van der Waals surface area contributed by atoms with Crippen LogP contribution in [-0.4, -0.2) is 25.8 Å². The van der Waals surface area contributed by atoms with E-state index in [1.807, 2.05) is 0 Å². The van der Waals surface area contributed by atoms with Gasteiger partial charge in [-0.1, -0.05) is 12.8 Å². The number of rotatable bonds is 3. The average molecular weight is 195 g/mol. The third-order valence-electron chi connectivity index (χ3n) is 2.57. The molecule has 0 atom stereocenters. The summed E-state index contributed by atoms with van der Waals surface area (Å²) in [5.41, 5.74) is 0. The molecule has 1 aliphatic rings. The fourth-order valence-corrected chi connectivity index (χ4v) is 1.89. The van der Waals surface area contributed by atoms with E-state index < -0.39 is 5.97 Å². The minimum Gasteiger partial charge on any atom is -0.480 e. The summed E-state index contributed by atoms with van der Waals surface area (Å²) in [6.07, 6.45) is 6.24. The molecule has 0 amide bonds. The van der Waals surface area contributed by atoms with Crippen molar-refractivity contribution in [3.05, 3.63) is 12.2 Å². The van der Waals surface area contributed by atoms with Crippen LogP contribution >= 0.6 is 0 Å². The van der Waals surface area contributed by atoms with Gasteiger partial charge in [-0.2, -0.15) is 5.10 Å². The van der Waals surface area contributed by atoms with Crippen LogP contribution in [0, 0.1) is 0 Å². The van der Waals surface area contributed by atoms with Gasteiger partial charge in [-0.15, -0.1) is 0 Å². The predicted octanol–water partition coefficient (Wildman–Crippen LogP) is 1.02. The van der Waals surface area contributed by atoms with E-state index in [4.69, 9.17) is 5.11 Å². The first kappa shape index (κ1) is 9.18. The lowest BCUT2D eigenvalue weighted by Gasteiger charge is -2.01. The van der Waals surface area contributed by atoms with Gasteiger partial charge in [-0.05, 0) is 12.8 Å². The number of nitrogens with zero attached hydrogens (tertiary/aromatic N) is 3. The highest BCUT2D eigenvalue weighted by Gasteiger charge is 2.20. The van der Waals surface area contributed by atoms with Gasteiger partial charge in [0.25, 0.3) is 0 Å². The maximum atomic E-state index is 10.4. The van der Waals surface area contributed by atoms with E-state index in [0.29, 0.717) is 5.92 Å². The Morgan fingerprint density at radius 1 is 1.57 bits per heavy atom. The first-order chi connectivity index (χ1) is 6.75. The van der Waals surface area contributed by atoms with Crippen molar-refractivity contribution in [3.8, 4) is 0 Å². The molecule has 0 bridgehead atoms. The summed E-state index contributed by atoms with van der Waals surface area (Å²) in [6.45, 7) is -0.0975. The van der Waals surface area contributed by atoms with Crippen LogP contribution < -0.4 is 0 Å². The molecule has 1 fully saturated rings. The van der Waals surface area contributed by atoms with Crippen LogP contribution in [0.2, 0.25) is 0 Å². The second-order valence-electron chi connectivity index (χ2n) is 3.68. The Balaban J connectivity index is 2.05. The van der Waals surface area contributed by atoms with Crippen molar-refractivity contribution in [3.63, 3.8) is 0 Å². The van der Waals surface area contributed by atoms with Crippen molar-refractivity contribution in [1.82, 2.24) is 14.8 Å². The fraction of sp³-hybridized carbons (Fsp3) is 0.667. The lowest BCUT2D eigenvalue weighted by Crippen LogP contribution is -2.09. The van der Waals surface area contributed by atoms with Crippen LogP contribution in [0.15, 0.2) is 6.33 Å². The molecule has 1 aromatic rings. The molecule has 0 spiro atoms. The maximum absolute atomic E-state index is 10.4. The highest BCUT2D eigenvalue weighted by Crippen LogP contribution is 2.31. The van der Waals surface area contributed by atoms with E-state index in [9.17, 15) is 4.79 Å².